The Bertz CT molecular complexity index is 807. The van der Waals surface area contributed by atoms with Crippen LogP contribution in [0.3, 0.4) is 0 Å². The molecule has 0 unspecified atom stereocenters. The summed E-state index contributed by atoms with van der Waals surface area (Å²) in [5.41, 5.74) is 0.888. The summed E-state index contributed by atoms with van der Waals surface area (Å²) in [6.45, 7) is 0. The van der Waals surface area contributed by atoms with Crippen molar-refractivity contribution in [3.63, 3.8) is 0 Å². The smallest absolute Gasteiger partial charge is 0.304 e. The highest BCUT2D eigenvalue weighted by Crippen LogP contribution is 2.31. The molecular weight excluding hydrogens is 324 g/mol. The topological polar surface area (TPSA) is 17.3 Å². The van der Waals surface area contributed by atoms with E-state index in [1.807, 2.05) is 0 Å². The zero-order valence-electron chi connectivity index (χ0n) is 10.3. The Morgan fingerprint density at radius 2 is 1.67 bits per heavy atom. The van der Waals surface area contributed by atoms with Gasteiger partial charge >= 0.3 is 6.18 Å². The van der Waals surface area contributed by atoms with Crippen molar-refractivity contribution in [2.45, 2.75) is 6.18 Å². The van der Waals surface area contributed by atoms with Crippen LogP contribution in [0, 0.1) is 0 Å². The summed E-state index contributed by atoms with van der Waals surface area (Å²) in [6, 6.07) is 6.35. The lowest BCUT2D eigenvalue weighted by Crippen LogP contribution is -2.03. The lowest BCUT2D eigenvalue weighted by atomic mass is 10.1. The van der Waals surface area contributed by atoms with Gasteiger partial charge in [-0.25, -0.2) is 4.98 Å². The Morgan fingerprint density at radius 3 is 2.29 bits per heavy atom. The Hall–Kier alpha value is -1.72. The molecule has 0 fully saturated rings. The molecule has 0 aliphatic heterocycles. The van der Waals surface area contributed by atoms with E-state index in [0.29, 0.717) is 26.9 Å². The van der Waals surface area contributed by atoms with E-state index in [0.717, 1.165) is 12.1 Å². The van der Waals surface area contributed by atoms with Crippen LogP contribution in [0.1, 0.15) is 5.56 Å². The number of alkyl halides is 3. The van der Waals surface area contributed by atoms with Crippen LogP contribution in [-0.2, 0) is 6.18 Å². The highest BCUT2D eigenvalue weighted by atomic mass is 35.5. The van der Waals surface area contributed by atoms with E-state index in [2.05, 4.69) is 4.98 Å². The molecule has 0 aliphatic rings. The molecule has 0 saturated carbocycles. The van der Waals surface area contributed by atoms with Crippen LogP contribution in [-0.4, -0.2) is 9.38 Å². The summed E-state index contributed by atoms with van der Waals surface area (Å²) in [7, 11) is 0. The third-order valence-electron chi connectivity index (χ3n) is 2.98. The number of aromatic nitrogens is 2. The third kappa shape index (κ3) is 2.71. The maximum atomic E-state index is 12.5. The molecule has 0 aliphatic carbocycles. The van der Waals surface area contributed by atoms with E-state index in [4.69, 9.17) is 23.2 Å². The largest absolute Gasteiger partial charge is 0.416 e. The van der Waals surface area contributed by atoms with E-state index >= 15 is 0 Å². The van der Waals surface area contributed by atoms with Gasteiger partial charge in [-0.05, 0) is 18.2 Å². The van der Waals surface area contributed by atoms with Gasteiger partial charge in [0.25, 0.3) is 0 Å². The van der Waals surface area contributed by atoms with Crippen molar-refractivity contribution in [3.05, 3.63) is 58.3 Å². The molecule has 0 spiro atoms. The fourth-order valence-corrected chi connectivity index (χ4v) is 2.52. The number of hydrogen-bond acceptors (Lipinski definition) is 1. The predicted molar refractivity (Wildman–Crippen MR) is 75.7 cm³/mol. The number of benzene rings is 1. The number of rotatable bonds is 1. The van der Waals surface area contributed by atoms with Gasteiger partial charge in [0.2, 0.25) is 0 Å². The normalized spacial score (nSPS) is 12.0. The number of hydrogen-bond donors (Lipinski definition) is 0. The summed E-state index contributed by atoms with van der Waals surface area (Å²) in [5.74, 6) is 0. The highest BCUT2D eigenvalue weighted by Gasteiger charge is 2.30. The Labute approximate surface area is 127 Å². The van der Waals surface area contributed by atoms with Crippen LogP contribution in [0.2, 0.25) is 10.0 Å². The number of fused-ring (bicyclic) bond motifs is 1. The zero-order valence-corrected chi connectivity index (χ0v) is 11.8. The second-order valence-corrected chi connectivity index (χ2v) is 5.28. The molecule has 0 N–H and O–H groups in total. The molecule has 21 heavy (non-hydrogen) atoms. The van der Waals surface area contributed by atoms with Crippen LogP contribution in [0.25, 0.3) is 16.9 Å². The van der Waals surface area contributed by atoms with Gasteiger partial charge in [-0.2, -0.15) is 13.2 Å². The molecule has 1 aromatic carbocycles. The molecule has 2 nitrogen and oxygen atoms in total. The summed E-state index contributed by atoms with van der Waals surface area (Å²) in [5, 5.41) is 0.824. The van der Waals surface area contributed by atoms with Gasteiger partial charge in [0, 0.05) is 18.0 Å². The second-order valence-electron chi connectivity index (χ2n) is 4.44. The van der Waals surface area contributed by atoms with Crippen molar-refractivity contribution < 1.29 is 13.2 Å². The quantitative estimate of drug-likeness (QED) is 0.589. The molecule has 3 rings (SSSR count). The van der Waals surface area contributed by atoms with Crippen molar-refractivity contribution in [2.24, 2.45) is 0 Å². The fourth-order valence-electron chi connectivity index (χ4n) is 1.99. The van der Waals surface area contributed by atoms with Gasteiger partial charge in [-0.3, -0.25) is 0 Å². The minimum absolute atomic E-state index is 0.376. The second kappa shape index (κ2) is 4.93. The molecule has 0 bridgehead atoms. The molecule has 2 heterocycles. The molecule has 0 saturated heterocycles. The van der Waals surface area contributed by atoms with E-state index < -0.39 is 11.7 Å². The van der Waals surface area contributed by atoms with E-state index in [9.17, 15) is 13.2 Å². The highest BCUT2D eigenvalue weighted by molar-refractivity contribution is 6.36. The standard InChI is InChI=1S/C14H7Cl2F3N2/c15-10-5-11(16)13-20-12(7-21(13)6-10)8-1-3-9(4-2-8)14(17,18)19/h1-7H. The van der Waals surface area contributed by atoms with Crippen molar-refractivity contribution >= 4 is 28.8 Å². The van der Waals surface area contributed by atoms with Crippen molar-refractivity contribution in [3.8, 4) is 11.3 Å². The summed E-state index contributed by atoms with van der Waals surface area (Å²) >= 11 is 11.9. The molecule has 108 valence electrons. The maximum Gasteiger partial charge on any atom is 0.416 e. The lowest BCUT2D eigenvalue weighted by molar-refractivity contribution is -0.137. The van der Waals surface area contributed by atoms with Crippen molar-refractivity contribution in [2.75, 3.05) is 0 Å². The van der Waals surface area contributed by atoms with E-state index in [1.165, 1.54) is 12.1 Å². The van der Waals surface area contributed by atoms with Crippen molar-refractivity contribution in [1.82, 2.24) is 9.38 Å². The average Bonchev–Trinajstić information content (AvgIpc) is 2.82. The van der Waals surface area contributed by atoms with Gasteiger partial charge in [-0.15, -0.1) is 0 Å². The molecule has 0 amide bonds. The first kappa shape index (κ1) is 14.2. The molecule has 0 atom stereocenters. The monoisotopic (exact) mass is 330 g/mol. The van der Waals surface area contributed by atoms with Gasteiger partial charge in [0.1, 0.15) is 0 Å². The zero-order chi connectivity index (χ0) is 15.2. The molecular formula is C14H7Cl2F3N2. The number of imidazole rings is 1. The summed E-state index contributed by atoms with van der Waals surface area (Å²) in [6.07, 6.45) is -1.06. The van der Waals surface area contributed by atoms with Crippen LogP contribution < -0.4 is 0 Å². The third-order valence-corrected chi connectivity index (χ3v) is 3.47. The minimum atomic E-state index is -4.35. The minimum Gasteiger partial charge on any atom is -0.304 e. The summed E-state index contributed by atoms with van der Waals surface area (Å²) < 4.78 is 39.2. The first-order valence-corrected chi connectivity index (χ1v) is 6.61. The van der Waals surface area contributed by atoms with Gasteiger partial charge in [0.05, 0.1) is 21.3 Å². The number of nitrogens with zero attached hydrogens (tertiary/aromatic N) is 2. The SMILES string of the molecule is FC(F)(F)c1ccc(-c2cn3cc(Cl)cc(Cl)c3n2)cc1. The molecule has 3 aromatic rings. The molecule has 2 aromatic heterocycles. The Kier molecular flexibility index (Phi) is 3.34. The Morgan fingerprint density at radius 1 is 1.00 bits per heavy atom. The first-order valence-electron chi connectivity index (χ1n) is 5.86. The predicted octanol–water partition coefficient (Wildman–Crippen LogP) is 5.33. The van der Waals surface area contributed by atoms with Crippen LogP contribution >= 0.6 is 23.2 Å². The molecule has 7 heteroatoms. The molecule has 0 radical (unpaired) electrons. The van der Waals surface area contributed by atoms with Crippen LogP contribution in [0.15, 0.2) is 42.7 Å². The van der Waals surface area contributed by atoms with Gasteiger partial charge in [0.15, 0.2) is 5.65 Å². The van der Waals surface area contributed by atoms with E-state index in [1.54, 1.807) is 22.9 Å². The van der Waals surface area contributed by atoms with E-state index in [-0.39, 0.29) is 0 Å². The van der Waals surface area contributed by atoms with Crippen molar-refractivity contribution in [1.29, 1.82) is 0 Å². The lowest BCUT2D eigenvalue weighted by Gasteiger charge is -2.06. The number of halogens is 5. The first-order chi connectivity index (χ1) is 9.84. The maximum absolute atomic E-state index is 12.5. The van der Waals surface area contributed by atoms with Gasteiger partial charge in [-0.1, -0.05) is 35.3 Å². The Balaban J connectivity index is 2.06. The van der Waals surface area contributed by atoms with Crippen LogP contribution in [0.5, 0.6) is 0 Å². The summed E-state index contributed by atoms with van der Waals surface area (Å²) in [4.78, 5) is 4.31. The van der Waals surface area contributed by atoms with Crippen LogP contribution in [0.4, 0.5) is 13.2 Å². The number of pyridine rings is 1. The van der Waals surface area contributed by atoms with Gasteiger partial charge < -0.3 is 4.40 Å². The average molecular weight is 331 g/mol. The fraction of sp³-hybridized carbons (Fsp3) is 0.0714.